The number of ether oxygens (including phenoxy) is 1. The van der Waals surface area contributed by atoms with Crippen molar-refractivity contribution >= 4 is 5.91 Å². The van der Waals surface area contributed by atoms with Crippen molar-refractivity contribution in [2.24, 2.45) is 0 Å². The Hall–Kier alpha value is -2.28. The summed E-state index contributed by atoms with van der Waals surface area (Å²) in [6.07, 6.45) is 9.86. The van der Waals surface area contributed by atoms with E-state index >= 15 is 0 Å². The highest BCUT2D eigenvalue weighted by Crippen LogP contribution is 2.26. The third-order valence-corrected chi connectivity index (χ3v) is 4.63. The van der Waals surface area contributed by atoms with Gasteiger partial charge in [0.2, 0.25) is 0 Å². The maximum absolute atomic E-state index is 12.8. The lowest BCUT2D eigenvalue weighted by molar-refractivity contribution is 0.0701. The summed E-state index contributed by atoms with van der Waals surface area (Å²) < 4.78 is 7.29. The van der Waals surface area contributed by atoms with Crippen LogP contribution < -0.4 is 0 Å². The minimum atomic E-state index is 0.00218. The van der Waals surface area contributed by atoms with Crippen LogP contribution in [-0.2, 0) is 17.7 Å². The molecule has 3 heterocycles. The van der Waals surface area contributed by atoms with Gasteiger partial charge < -0.3 is 14.2 Å². The van der Waals surface area contributed by atoms with Crippen LogP contribution in [0.3, 0.4) is 0 Å². The van der Waals surface area contributed by atoms with Crippen molar-refractivity contribution in [1.82, 2.24) is 24.4 Å². The molecular formula is C18H25N5O2. The van der Waals surface area contributed by atoms with E-state index in [1.807, 2.05) is 24.2 Å². The first-order valence-corrected chi connectivity index (χ1v) is 8.83. The molecule has 25 heavy (non-hydrogen) atoms. The molecular weight excluding hydrogens is 318 g/mol. The zero-order valence-corrected chi connectivity index (χ0v) is 14.9. The van der Waals surface area contributed by atoms with E-state index < -0.39 is 0 Å². The van der Waals surface area contributed by atoms with E-state index in [2.05, 4.69) is 19.5 Å². The summed E-state index contributed by atoms with van der Waals surface area (Å²) in [7, 11) is 1.70. The lowest BCUT2D eigenvalue weighted by Gasteiger charge is -2.32. The van der Waals surface area contributed by atoms with Crippen LogP contribution in [-0.4, -0.2) is 57.1 Å². The van der Waals surface area contributed by atoms with E-state index in [9.17, 15) is 4.79 Å². The third kappa shape index (κ3) is 4.04. The van der Waals surface area contributed by atoms with Crippen molar-refractivity contribution in [3.8, 4) is 0 Å². The molecule has 1 atom stereocenters. The normalized spacial score (nSPS) is 17.7. The van der Waals surface area contributed by atoms with Crippen molar-refractivity contribution in [2.45, 2.75) is 38.6 Å². The number of aryl methyl sites for hydroxylation is 1. The molecule has 0 aliphatic carbocycles. The van der Waals surface area contributed by atoms with Gasteiger partial charge in [0.25, 0.3) is 5.91 Å². The lowest BCUT2D eigenvalue weighted by atomic mass is 9.96. The minimum Gasteiger partial charge on any atom is -0.383 e. The second kappa shape index (κ2) is 8.20. The molecule has 7 nitrogen and oxygen atoms in total. The number of rotatable bonds is 6. The molecule has 1 saturated heterocycles. The van der Waals surface area contributed by atoms with E-state index in [-0.39, 0.29) is 11.8 Å². The van der Waals surface area contributed by atoms with Gasteiger partial charge in [0, 0.05) is 63.9 Å². The molecule has 0 spiro atoms. The van der Waals surface area contributed by atoms with Crippen molar-refractivity contribution in [3.05, 3.63) is 42.0 Å². The van der Waals surface area contributed by atoms with Crippen molar-refractivity contribution in [2.75, 3.05) is 26.8 Å². The predicted octanol–water partition coefficient (Wildman–Crippen LogP) is 1.90. The van der Waals surface area contributed by atoms with Gasteiger partial charge >= 0.3 is 0 Å². The molecule has 1 fully saturated rings. The number of carbonyl (C=O) groups excluding carboxylic acids is 1. The minimum absolute atomic E-state index is 0.00218. The maximum Gasteiger partial charge on any atom is 0.257 e. The molecule has 2 aromatic rings. The number of amides is 1. The standard InChI is InChI=1S/C18H25N5O2/c1-3-16-20-11-15(12-21-16)18(24)23-7-4-5-14(13-23)17-19-6-8-22(17)9-10-25-2/h6,8,11-12,14H,3-5,7,9-10,13H2,1-2H3/t14-/m0/s1. The summed E-state index contributed by atoms with van der Waals surface area (Å²) in [6, 6.07) is 0. The quantitative estimate of drug-likeness (QED) is 0.801. The van der Waals surface area contributed by atoms with Crippen LogP contribution in [0.1, 0.15) is 47.7 Å². The topological polar surface area (TPSA) is 73.1 Å². The Morgan fingerprint density at radius 2 is 2.12 bits per heavy atom. The molecule has 7 heteroatoms. The van der Waals surface area contributed by atoms with E-state index in [4.69, 9.17) is 4.74 Å². The summed E-state index contributed by atoms with van der Waals surface area (Å²) in [5, 5.41) is 0. The fourth-order valence-corrected chi connectivity index (χ4v) is 3.26. The molecule has 134 valence electrons. The monoisotopic (exact) mass is 343 g/mol. The van der Waals surface area contributed by atoms with Gasteiger partial charge in [-0.05, 0) is 12.8 Å². The molecule has 0 aromatic carbocycles. The van der Waals surface area contributed by atoms with Crippen molar-refractivity contribution < 1.29 is 9.53 Å². The van der Waals surface area contributed by atoms with Crippen molar-refractivity contribution in [1.29, 1.82) is 0 Å². The van der Waals surface area contributed by atoms with Crippen LogP contribution >= 0.6 is 0 Å². The van der Waals surface area contributed by atoms with Crippen LogP contribution in [0.25, 0.3) is 0 Å². The molecule has 1 aliphatic rings. The first-order chi connectivity index (χ1) is 12.2. The van der Waals surface area contributed by atoms with Crippen LogP contribution in [0.2, 0.25) is 0 Å². The average molecular weight is 343 g/mol. The third-order valence-electron chi connectivity index (χ3n) is 4.63. The van der Waals surface area contributed by atoms with Crippen LogP contribution in [0, 0.1) is 0 Å². The Kier molecular flexibility index (Phi) is 5.75. The Labute approximate surface area is 148 Å². The summed E-state index contributed by atoms with van der Waals surface area (Å²) >= 11 is 0. The van der Waals surface area contributed by atoms with Gasteiger partial charge in [0.05, 0.1) is 12.2 Å². The van der Waals surface area contributed by atoms with Gasteiger partial charge in [-0.25, -0.2) is 15.0 Å². The molecule has 0 saturated carbocycles. The second-order valence-electron chi connectivity index (χ2n) is 6.30. The molecule has 0 unspecified atom stereocenters. The first-order valence-electron chi connectivity index (χ1n) is 8.83. The van der Waals surface area contributed by atoms with Crippen molar-refractivity contribution in [3.63, 3.8) is 0 Å². The lowest BCUT2D eigenvalue weighted by Crippen LogP contribution is -2.40. The Morgan fingerprint density at radius 3 is 2.84 bits per heavy atom. The Morgan fingerprint density at radius 1 is 1.32 bits per heavy atom. The summed E-state index contributed by atoms with van der Waals surface area (Å²) in [4.78, 5) is 27.7. The van der Waals surface area contributed by atoms with E-state index in [1.54, 1.807) is 19.5 Å². The SMILES string of the molecule is CCc1ncc(C(=O)N2CCC[C@H](c3nccn3CCOC)C2)cn1. The van der Waals surface area contributed by atoms with Gasteiger partial charge in [0.15, 0.2) is 0 Å². The summed E-state index contributed by atoms with van der Waals surface area (Å²) in [5.74, 6) is 2.04. The number of piperidine rings is 1. The van der Waals surface area contributed by atoms with Gasteiger partial charge in [0.1, 0.15) is 11.6 Å². The Balaban J connectivity index is 1.70. The number of hydrogen-bond acceptors (Lipinski definition) is 5. The molecule has 3 rings (SSSR count). The number of imidazole rings is 1. The number of hydrogen-bond donors (Lipinski definition) is 0. The van der Waals surface area contributed by atoms with E-state index in [0.717, 1.165) is 44.0 Å². The van der Waals surface area contributed by atoms with Crippen LogP contribution in [0.4, 0.5) is 0 Å². The zero-order valence-electron chi connectivity index (χ0n) is 14.9. The van der Waals surface area contributed by atoms with Gasteiger partial charge in [-0.1, -0.05) is 6.92 Å². The summed E-state index contributed by atoms with van der Waals surface area (Å²) in [6.45, 7) is 4.88. The molecule has 0 radical (unpaired) electrons. The van der Waals surface area contributed by atoms with Gasteiger partial charge in [-0.3, -0.25) is 4.79 Å². The van der Waals surface area contributed by atoms with Crippen LogP contribution in [0.5, 0.6) is 0 Å². The highest BCUT2D eigenvalue weighted by Gasteiger charge is 2.28. The number of aromatic nitrogens is 4. The number of methoxy groups -OCH3 is 1. The molecule has 1 aliphatic heterocycles. The number of likely N-dealkylation sites (tertiary alicyclic amines) is 1. The number of carbonyl (C=O) groups is 1. The first kappa shape index (κ1) is 17.5. The molecule has 0 bridgehead atoms. The van der Waals surface area contributed by atoms with Crippen LogP contribution in [0.15, 0.2) is 24.8 Å². The van der Waals surface area contributed by atoms with Gasteiger partial charge in [-0.2, -0.15) is 0 Å². The molecule has 0 N–H and O–H groups in total. The fourth-order valence-electron chi connectivity index (χ4n) is 3.26. The van der Waals surface area contributed by atoms with E-state index in [0.29, 0.717) is 18.7 Å². The largest absolute Gasteiger partial charge is 0.383 e. The average Bonchev–Trinajstić information content (AvgIpc) is 3.14. The Bertz CT molecular complexity index is 698. The number of nitrogens with zero attached hydrogens (tertiary/aromatic N) is 5. The summed E-state index contributed by atoms with van der Waals surface area (Å²) in [5.41, 5.74) is 0.556. The smallest absolute Gasteiger partial charge is 0.257 e. The highest BCUT2D eigenvalue weighted by atomic mass is 16.5. The molecule has 2 aromatic heterocycles. The second-order valence-corrected chi connectivity index (χ2v) is 6.30. The molecule has 1 amide bonds. The maximum atomic E-state index is 12.8. The fraction of sp³-hybridized carbons (Fsp3) is 0.556. The predicted molar refractivity (Wildman–Crippen MR) is 93.4 cm³/mol. The van der Waals surface area contributed by atoms with E-state index in [1.165, 1.54) is 0 Å². The van der Waals surface area contributed by atoms with Gasteiger partial charge in [-0.15, -0.1) is 0 Å². The highest BCUT2D eigenvalue weighted by molar-refractivity contribution is 5.93. The zero-order chi connectivity index (χ0) is 17.6.